The van der Waals surface area contributed by atoms with Crippen LogP contribution in [0.15, 0.2) is 30.3 Å². The second kappa shape index (κ2) is 8.54. The van der Waals surface area contributed by atoms with Crippen LogP contribution < -0.4 is 5.32 Å². The molecule has 0 aliphatic carbocycles. The van der Waals surface area contributed by atoms with Gasteiger partial charge in [-0.15, -0.1) is 0 Å². The summed E-state index contributed by atoms with van der Waals surface area (Å²) in [6.45, 7) is 2.76. The van der Waals surface area contributed by atoms with Gasteiger partial charge in [-0.1, -0.05) is 30.3 Å². The Bertz CT molecular complexity index is 483. The van der Waals surface area contributed by atoms with Crippen LogP contribution in [0.2, 0.25) is 0 Å². The van der Waals surface area contributed by atoms with E-state index in [-0.39, 0.29) is 12.0 Å². The number of amides is 1. The number of hydrogen-bond acceptors (Lipinski definition) is 4. The molecule has 0 aromatic heterocycles. The van der Waals surface area contributed by atoms with Gasteiger partial charge in [0, 0.05) is 13.0 Å². The maximum Gasteiger partial charge on any atom is 0.328 e. The number of nitrogens with one attached hydrogen (secondary N) is 1. The third-order valence-electron chi connectivity index (χ3n) is 3.63. The van der Waals surface area contributed by atoms with Gasteiger partial charge in [-0.25, -0.2) is 4.79 Å². The van der Waals surface area contributed by atoms with Crippen LogP contribution in [0.3, 0.4) is 0 Å². The van der Waals surface area contributed by atoms with Gasteiger partial charge in [-0.2, -0.15) is 0 Å². The molecule has 120 valence electrons. The lowest BCUT2D eigenvalue weighted by Gasteiger charge is -2.18. The second-order valence-corrected chi connectivity index (χ2v) is 5.40. The number of esters is 1. The van der Waals surface area contributed by atoms with Crippen LogP contribution in [0.5, 0.6) is 0 Å². The first kappa shape index (κ1) is 16.5. The Labute approximate surface area is 131 Å². The molecule has 1 N–H and O–H groups in total. The van der Waals surface area contributed by atoms with Crippen molar-refractivity contribution in [2.75, 3.05) is 13.2 Å². The highest BCUT2D eigenvalue weighted by atomic mass is 16.5. The van der Waals surface area contributed by atoms with E-state index in [0.717, 1.165) is 18.4 Å². The molecular formula is C17H23NO4. The van der Waals surface area contributed by atoms with Crippen LogP contribution in [0.25, 0.3) is 0 Å². The Morgan fingerprint density at radius 2 is 2.14 bits per heavy atom. The van der Waals surface area contributed by atoms with E-state index in [0.29, 0.717) is 26.1 Å². The molecule has 1 aliphatic heterocycles. The fraction of sp³-hybridized carbons (Fsp3) is 0.529. The summed E-state index contributed by atoms with van der Waals surface area (Å²) in [5.74, 6) is -0.562. The first-order chi connectivity index (χ1) is 10.7. The van der Waals surface area contributed by atoms with Crippen molar-refractivity contribution in [1.29, 1.82) is 0 Å². The third-order valence-corrected chi connectivity index (χ3v) is 3.63. The van der Waals surface area contributed by atoms with Crippen molar-refractivity contribution < 1.29 is 19.1 Å². The molecule has 0 unspecified atom stereocenters. The molecule has 1 saturated heterocycles. The summed E-state index contributed by atoms with van der Waals surface area (Å²) >= 11 is 0. The predicted octanol–water partition coefficient (Wildman–Crippen LogP) is 1.85. The Kier molecular flexibility index (Phi) is 6.40. The maximum absolute atomic E-state index is 12.1. The van der Waals surface area contributed by atoms with Crippen LogP contribution in [-0.4, -0.2) is 37.2 Å². The molecule has 22 heavy (non-hydrogen) atoms. The summed E-state index contributed by atoms with van der Waals surface area (Å²) in [5.41, 5.74) is 0.984. The van der Waals surface area contributed by atoms with Crippen molar-refractivity contribution in [2.24, 2.45) is 0 Å². The molecule has 5 heteroatoms. The molecule has 1 aliphatic rings. The largest absolute Gasteiger partial charge is 0.464 e. The van der Waals surface area contributed by atoms with Crippen molar-refractivity contribution in [1.82, 2.24) is 5.32 Å². The molecule has 5 nitrogen and oxygen atoms in total. The van der Waals surface area contributed by atoms with Gasteiger partial charge < -0.3 is 14.8 Å². The molecule has 0 spiro atoms. The highest BCUT2D eigenvalue weighted by Gasteiger charge is 2.25. The number of carbonyl (C=O) groups excluding carboxylic acids is 2. The highest BCUT2D eigenvalue weighted by molar-refractivity contribution is 5.85. The van der Waals surface area contributed by atoms with Gasteiger partial charge in [0.25, 0.3) is 0 Å². The van der Waals surface area contributed by atoms with E-state index in [9.17, 15) is 9.59 Å². The van der Waals surface area contributed by atoms with Gasteiger partial charge in [0.05, 0.1) is 19.1 Å². The Morgan fingerprint density at radius 1 is 1.36 bits per heavy atom. The maximum atomic E-state index is 12.1. The van der Waals surface area contributed by atoms with E-state index in [1.165, 1.54) is 0 Å². The standard InChI is InChI=1S/C17H23NO4/c1-2-21-17(20)15(11-13-7-4-3-5-8-13)18-16(19)12-14-9-6-10-22-14/h3-5,7-8,14-15H,2,6,9-12H2,1H3,(H,18,19)/t14-,15-/m1/s1. The van der Waals surface area contributed by atoms with Crippen molar-refractivity contribution in [3.8, 4) is 0 Å². The van der Waals surface area contributed by atoms with Crippen LogP contribution in [0.1, 0.15) is 31.7 Å². The Hall–Kier alpha value is -1.88. The van der Waals surface area contributed by atoms with Gasteiger partial charge >= 0.3 is 5.97 Å². The molecule has 0 bridgehead atoms. The lowest BCUT2D eigenvalue weighted by atomic mass is 10.1. The molecule has 0 radical (unpaired) electrons. The van der Waals surface area contributed by atoms with Gasteiger partial charge in [0.2, 0.25) is 5.91 Å². The lowest BCUT2D eigenvalue weighted by molar-refractivity contribution is -0.147. The SMILES string of the molecule is CCOC(=O)[C@@H](Cc1ccccc1)NC(=O)C[C@H]1CCCO1. The summed E-state index contributed by atoms with van der Waals surface area (Å²) in [6, 6.07) is 8.93. The van der Waals surface area contributed by atoms with E-state index in [1.807, 2.05) is 30.3 Å². The second-order valence-electron chi connectivity index (χ2n) is 5.40. The lowest BCUT2D eigenvalue weighted by Crippen LogP contribution is -2.44. The normalized spacial score (nSPS) is 18.7. The van der Waals surface area contributed by atoms with Crippen LogP contribution in [-0.2, 0) is 25.5 Å². The van der Waals surface area contributed by atoms with Crippen molar-refractivity contribution >= 4 is 11.9 Å². The molecule has 0 saturated carbocycles. The minimum Gasteiger partial charge on any atom is -0.464 e. The first-order valence-electron chi connectivity index (χ1n) is 7.80. The van der Waals surface area contributed by atoms with Gasteiger partial charge in [0.15, 0.2) is 0 Å². The monoisotopic (exact) mass is 305 g/mol. The van der Waals surface area contributed by atoms with E-state index in [1.54, 1.807) is 6.92 Å². The van der Waals surface area contributed by atoms with E-state index in [2.05, 4.69) is 5.32 Å². The van der Waals surface area contributed by atoms with Crippen LogP contribution >= 0.6 is 0 Å². The molecule has 1 aromatic rings. The summed E-state index contributed by atoms with van der Waals surface area (Å²) in [6.07, 6.45) is 2.58. The minimum atomic E-state index is -0.656. The first-order valence-corrected chi connectivity index (χ1v) is 7.80. The summed E-state index contributed by atoms with van der Waals surface area (Å²) in [4.78, 5) is 24.2. The van der Waals surface area contributed by atoms with Crippen molar-refractivity contribution in [3.63, 3.8) is 0 Å². The molecule has 1 aromatic carbocycles. The summed E-state index contributed by atoms with van der Waals surface area (Å²) < 4.78 is 10.5. The zero-order valence-corrected chi connectivity index (χ0v) is 12.9. The molecular weight excluding hydrogens is 282 g/mol. The van der Waals surface area contributed by atoms with Gasteiger partial charge in [0.1, 0.15) is 6.04 Å². The van der Waals surface area contributed by atoms with Crippen LogP contribution in [0, 0.1) is 0 Å². The summed E-state index contributed by atoms with van der Waals surface area (Å²) in [5, 5.41) is 2.78. The van der Waals surface area contributed by atoms with E-state index in [4.69, 9.17) is 9.47 Å². The molecule has 2 atom stereocenters. The topological polar surface area (TPSA) is 64.6 Å². The predicted molar refractivity (Wildman–Crippen MR) is 82.3 cm³/mol. The van der Waals surface area contributed by atoms with E-state index < -0.39 is 12.0 Å². The number of rotatable bonds is 7. The minimum absolute atomic E-state index is 0.0282. The average Bonchev–Trinajstić information content (AvgIpc) is 3.00. The number of hydrogen-bond donors (Lipinski definition) is 1. The molecule has 1 fully saturated rings. The fourth-order valence-corrected chi connectivity index (χ4v) is 2.55. The van der Waals surface area contributed by atoms with Gasteiger partial charge in [-0.05, 0) is 25.3 Å². The quantitative estimate of drug-likeness (QED) is 0.781. The fourth-order valence-electron chi connectivity index (χ4n) is 2.55. The number of carbonyl (C=O) groups is 2. The van der Waals surface area contributed by atoms with Crippen molar-refractivity contribution in [2.45, 2.75) is 44.8 Å². The van der Waals surface area contributed by atoms with Gasteiger partial charge in [-0.3, -0.25) is 4.79 Å². The Balaban J connectivity index is 1.94. The zero-order chi connectivity index (χ0) is 15.8. The smallest absolute Gasteiger partial charge is 0.328 e. The average molecular weight is 305 g/mol. The molecule has 2 rings (SSSR count). The zero-order valence-electron chi connectivity index (χ0n) is 12.9. The Morgan fingerprint density at radius 3 is 2.77 bits per heavy atom. The van der Waals surface area contributed by atoms with Crippen molar-refractivity contribution in [3.05, 3.63) is 35.9 Å². The van der Waals surface area contributed by atoms with Crippen LogP contribution in [0.4, 0.5) is 0 Å². The van der Waals surface area contributed by atoms with E-state index >= 15 is 0 Å². The molecule has 1 amide bonds. The third kappa shape index (κ3) is 5.15. The summed E-state index contributed by atoms with van der Waals surface area (Å²) in [7, 11) is 0. The number of benzene rings is 1. The highest BCUT2D eigenvalue weighted by Crippen LogP contribution is 2.15. The number of ether oxygens (including phenoxy) is 2. The molecule has 1 heterocycles.